The van der Waals surface area contributed by atoms with Gasteiger partial charge in [0.15, 0.2) is 0 Å². The Morgan fingerprint density at radius 2 is 1.89 bits per heavy atom. The van der Waals surface area contributed by atoms with Gasteiger partial charge in [0, 0.05) is 12.6 Å². The van der Waals surface area contributed by atoms with E-state index >= 15 is 0 Å². The van der Waals surface area contributed by atoms with Gasteiger partial charge >= 0.3 is 6.18 Å². The van der Waals surface area contributed by atoms with Crippen molar-refractivity contribution >= 4 is 0 Å². The summed E-state index contributed by atoms with van der Waals surface area (Å²) >= 11 is 0. The first-order valence-corrected chi connectivity index (χ1v) is 7.26. The molecule has 1 aliphatic carbocycles. The van der Waals surface area contributed by atoms with Crippen LogP contribution in [-0.2, 0) is 4.74 Å². The van der Waals surface area contributed by atoms with Gasteiger partial charge in [-0.15, -0.1) is 0 Å². The molecule has 0 aromatic heterocycles. The zero-order chi connectivity index (χ0) is 14.3. The number of hydrogen-bond acceptors (Lipinski definition) is 2. The topological polar surface area (TPSA) is 21.3 Å². The highest BCUT2D eigenvalue weighted by atomic mass is 19.4. The summed E-state index contributed by atoms with van der Waals surface area (Å²) in [6.45, 7) is 4.41. The van der Waals surface area contributed by atoms with Gasteiger partial charge in [-0.1, -0.05) is 26.7 Å². The summed E-state index contributed by atoms with van der Waals surface area (Å²) in [5.74, 6) is 1.34. The van der Waals surface area contributed by atoms with E-state index in [-0.39, 0.29) is 6.61 Å². The summed E-state index contributed by atoms with van der Waals surface area (Å²) < 4.78 is 40.3. The van der Waals surface area contributed by atoms with E-state index in [0.717, 1.165) is 19.4 Å². The normalized spacial score (nSPS) is 24.3. The predicted octanol–water partition coefficient (Wildman–Crippen LogP) is 3.76. The molecule has 1 aliphatic rings. The molecule has 2 unspecified atom stereocenters. The zero-order valence-corrected chi connectivity index (χ0v) is 11.9. The molecule has 1 N–H and O–H groups in total. The standard InChI is InChI=1S/C14H26F3NO/c1-11(2)18-9-13-6-3-5-12(13)7-4-8-19-10-14(15,16)17/h11-13,18H,3-10H2,1-2H3. The van der Waals surface area contributed by atoms with Crippen molar-refractivity contribution in [2.45, 2.75) is 58.2 Å². The molecular weight excluding hydrogens is 255 g/mol. The smallest absolute Gasteiger partial charge is 0.372 e. The summed E-state index contributed by atoms with van der Waals surface area (Å²) in [4.78, 5) is 0. The van der Waals surface area contributed by atoms with Crippen LogP contribution in [0.25, 0.3) is 0 Å². The molecule has 2 nitrogen and oxygen atoms in total. The molecule has 0 heterocycles. The van der Waals surface area contributed by atoms with Crippen LogP contribution < -0.4 is 5.32 Å². The number of halogens is 3. The van der Waals surface area contributed by atoms with Crippen molar-refractivity contribution in [1.29, 1.82) is 0 Å². The van der Waals surface area contributed by atoms with Gasteiger partial charge in [0.25, 0.3) is 0 Å². The van der Waals surface area contributed by atoms with Gasteiger partial charge in [0.05, 0.1) is 0 Å². The van der Waals surface area contributed by atoms with Gasteiger partial charge in [0.2, 0.25) is 0 Å². The lowest BCUT2D eigenvalue weighted by atomic mass is 9.91. The SMILES string of the molecule is CC(C)NCC1CCCC1CCCOCC(F)(F)F. The van der Waals surface area contributed by atoms with Gasteiger partial charge in [0.1, 0.15) is 6.61 Å². The maximum atomic E-state index is 11.9. The fourth-order valence-corrected chi connectivity index (χ4v) is 2.78. The van der Waals surface area contributed by atoms with E-state index in [0.29, 0.717) is 17.9 Å². The van der Waals surface area contributed by atoms with E-state index in [4.69, 9.17) is 0 Å². The molecule has 1 rings (SSSR count). The Labute approximate surface area is 114 Å². The monoisotopic (exact) mass is 281 g/mol. The van der Waals surface area contributed by atoms with Crippen LogP contribution in [0.3, 0.4) is 0 Å². The molecule has 0 radical (unpaired) electrons. The number of nitrogens with one attached hydrogen (secondary N) is 1. The van der Waals surface area contributed by atoms with Crippen LogP contribution in [-0.4, -0.2) is 32.0 Å². The summed E-state index contributed by atoms with van der Waals surface area (Å²) in [5.41, 5.74) is 0. The second-order valence-corrected chi connectivity index (χ2v) is 5.82. The summed E-state index contributed by atoms with van der Waals surface area (Å²) in [5, 5.41) is 3.46. The van der Waals surface area contributed by atoms with Gasteiger partial charge in [-0.3, -0.25) is 0 Å². The van der Waals surface area contributed by atoms with E-state index in [1.165, 1.54) is 19.3 Å². The Morgan fingerprint density at radius 3 is 2.53 bits per heavy atom. The molecule has 0 saturated heterocycles. The zero-order valence-electron chi connectivity index (χ0n) is 11.9. The fraction of sp³-hybridized carbons (Fsp3) is 1.00. The molecule has 5 heteroatoms. The number of rotatable bonds is 8. The number of alkyl halides is 3. The molecule has 114 valence electrons. The minimum atomic E-state index is -4.20. The first kappa shape index (κ1) is 16.8. The molecule has 2 atom stereocenters. The first-order valence-electron chi connectivity index (χ1n) is 7.26. The third kappa shape index (κ3) is 7.78. The largest absolute Gasteiger partial charge is 0.411 e. The van der Waals surface area contributed by atoms with Crippen LogP contribution in [0.5, 0.6) is 0 Å². The van der Waals surface area contributed by atoms with Crippen LogP contribution in [0.15, 0.2) is 0 Å². The van der Waals surface area contributed by atoms with Crippen molar-refractivity contribution in [2.24, 2.45) is 11.8 Å². The van der Waals surface area contributed by atoms with Crippen LogP contribution in [0.1, 0.15) is 46.0 Å². The van der Waals surface area contributed by atoms with Crippen molar-refractivity contribution in [3.8, 4) is 0 Å². The van der Waals surface area contributed by atoms with Crippen LogP contribution in [0, 0.1) is 11.8 Å². The Hall–Kier alpha value is -0.290. The fourth-order valence-electron chi connectivity index (χ4n) is 2.78. The number of ether oxygens (including phenoxy) is 1. The lowest BCUT2D eigenvalue weighted by Crippen LogP contribution is -2.30. The summed E-state index contributed by atoms with van der Waals surface area (Å²) in [7, 11) is 0. The molecule has 0 aliphatic heterocycles. The highest BCUT2D eigenvalue weighted by molar-refractivity contribution is 4.79. The minimum Gasteiger partial charge on any atom is -0.372 e. The number of hydrogen-bond donors (Lipinski definition) is 1. The van der Waals surface area contributed by atoms with E-state index in [1.807, 2.05) is 0 Å². The molecular formula is C14H26F3NO. The molecule has 0 amide bonds. The quantitative estimate of drug-likeness (QED) is 0.684. The van der Waals surface area contributed by atoms with Crippen molar-refractivity contribution in [2.75, 3.05) is 19.8 Å². The molecule has 0 aromatic rings. The third-order valence-corrected chi connectivity index (χ3v) is 3.73. The molecule has 1 saturated carbocycles. The highest BCUT2D eigenvalue weighted by Gasteiger charge is 2.28. The Morgan fingerprint density at radius 1 is 1.21 bits per heavy atom. The maximum Gasteiger partial charge on any atom is 0.411 e. The Kier molecular flexibility index (Phi) is 7.15. The second kappa shape index (κ2) is 8.10. The van der Waals surface area contributed by atoms with Crippen LogP contribution >= 0.6 is 0 Å². The van der Waals surface area contributed by atoms with E-state index in [1.54, 1.807) is 0 Å². The second-order valence-electron chi connectivity index (χ2n) is 5.82. The first-order chi connectivity index (χ1) is 8.88. The average molecular weight is 281 g/mol. The Bertz CT molecular complexity index is 243. The highest BCUT2D eigenvalue weighted by Crippen LogP contribution is 2.34. The van der Waals surface area contributed by atoms with Gasteiger partial charge in [-0.2, -0.15) is 13.2 Å². The van der Waals surface area contributed by atoms with Gasteiger partial charge in [-0.25, -0.2) is 0 Å². The molecule has 0 spiro atoms. The summed E-state index contributed by atoms with van der Waals surface area (Å²) in [6, 6.07) is 0.497. The van der Waals surface area contributed by atoms with Gasteiger partial charge < -0.3 is 10.1 Å². The van der Waals surface area contributed by atoms with Gasteiger partial charge in [-0.05, 0) is 37.6 Å². The van der Waals surface area contributed by atoms with E-state index in [9.17, 15) is 13.2 Å². The molecule has 19 heavy (non-hydrogen) atoms. The summed E-state index contributed by atoms with van der Waals surface area (Å²) in [6.07, 6.45) is 1.23. The molecule has 1 fully saturated rings. The van der Waals surface area contributed by atoms with Crippen LogP contribution in [0.2, 0.25) is 0 Å². The molecule has 0 aromatic carbocycles. The lowest BCUT2D eigenvalue weighted by molar-refractivity contribution is -0.174. The third-order valence-electron chi connectivity index (χ3n) is 3.73. The van der Waals surface area contributed by atoms with Crippen molar-refractivity contribution in [1.82, 2.24) is 5.32 Å². The van der Waals surface area contributed by atoms with E-state index < -0.39 is 12.8 Å². The molecule has 0 bridgehead atoms. The average Bonchev–Trinajstić information content (AvgIpc) is 2.72. The predicted molar refractivity (Wildman–Crippen MR) is 70.1 cm³/mol. The van der Waals surface area contributed by atoms with Crippen molar-refractivity contribution in [3.63, 3.8) is 0 Å². The van der Waals surface area contributed by atoms with E-state index in [2.05, 4.69) is 23.9 Å². The minimum absolute atomic E-state index is 0.223. The Balaban J connectivity index is 2.10. The van der Waals surface area contributed by atoms with Crippen LogP contribution in [0.4, 0.5) is 13.2 Å². The van der Waals surface area contributed by atoms with Crippen molar-refractivity contribution < 1.29 is 17.9 Å². The van der Waals surface area contributed by atoms with Crippen molar-refractivity contribution in [3.05, 3.63) is 0 Å². The maximum absolute atomic E-state index is 11.9. The lowest BCUT2D eigenvalue weighted by Gasteiger charge is -2.21.